The Morgan fingerprint density at radius 3 is 2.68 bits per heavy atom. The Hall–Kier alpha value is -1.94. The van der Waals surface area contributed by atoms with Gasteiger partial charge in [0.2, 0.25) is 0 Å². The molecule has 2 aromatic rings. The minimum absolute atomic E-state index is 0.0924. The van der Waals surface area contributed by atoms with Crippen molar-refractivity contribution in [2.24, 2.45) is 5.73 Å². The lowest BCUT2D eigenvalue weighted by atomic mass is 10.0. The monoisotopic (exact) mass is 260 g/mol. The third-order valence-electron chi connectivity index (χ3n) is 3.10. The number of anilines is 1. The average Bonchev–Trinajstić information content (AvgIpc) is 2.90. The van der Waals surface area contributed by atoms with Crippen molar-refractivity contribution in [3.05, 3.63) is 47.9 Å². The van der Waals surface area contributed by atoms with E-state index in [2.05, 4.69) is 4.90 Å². The average molecular weight is 260 g/mol. The van der Waals surface area contributed by atoms with Gasteiger partial charge in [0.15, 0.2) is 0 Å². The number of ether oxygens (including phenoxy) is 1. The van der Waals surface area contributed by atoms with Gasteiger partial charge in [-0.2, -0.15) is 0 Å². The Morgan fingerprint density at radius 1 is 1.32 bits per heavy atom. The van der Waals surface area contributed by atoms with Gasteiger partial charge in [0.25, 0.3) is 0 Å². The van der Waals surface area contributed by atoms with Crippen LogP contribution in [-0.2, 0) is 6.54 Å². The van der Waals surface area contributed by atoms with Crippen molar-refractivity contribution in [1.29, 1.82) is 0 Å². The number of hydrogen-bond acceptors (Lipinski definition) is 4. The molecule has 0 aliphatic carbocycles. The molecule has 102 valence electrons. The molecule has 2 rings (SSSR count). The van der Waals surface area contributed by atoms with Crippen LogP contribution in [0.25, 0.3) is 0 Å². The fraction of sp³-hybridized carbons (Fsp3) is 0.333. The first-order chi connectivity index (χ1) is 9.13. The summed E-state index contributed by atoms with van der Waals surface area (Å²) >= 11 is 0. The summed E-state index contributed by atoms with van der Waals surface area (Å²) in [7, 11) is 3.68. The quantitative estimate of drug-likeness (QED) is 0.898. The molecule has 0 saturated heterocycles. The lowest BCUT2D eigenvalue weighted by molar-refractivity contribution is 0.407. The number of nitrogens with two attached hydrogens (primary N) is 1. The van der Waals surface area contributed by atoms with Crippen molar-refractivity contribution in [2.45, 2.75) is 19.5 Å². The van der Waals surface area contributed by atoms with E-state index in [9.17, 15) is 0 Å². The van der Waals surface area contributed by atoms with Gasteiger partial charge in [-0.05, 0) is 31.2 Å². The van der Waals surface area contributed by atoms with E-state index in [0.29, 0.717) is 6.54 Å². The first kappa shape index (κ1) is 13.5. The van der Waals surface area contributed by atoms with Gasteiger partial charge in [-0.25, -0.2) is 0 Å². The van der Waals surface area contributed by atoms with Crippen LogP contribution in [0, 0.1) is 0 Å². The number of hydrogen-bond donors (Lipinski definition) is 1. The molecule has 1 unspecified atom stereocenters. The second-order valence-electron chi connectivity index (χ2n) is 4.62. The van der Waals surface area contributed by atoms with Crippen molar-refractivity contribution >= 4 is 5.69 Å². The first-order valence-electron chi connectivity index (χ1n) is 6.29. The van der Waals surface area contributed by atoms with Crippen molar-refractivity contribution in [3.63, 3.8) is 0 Å². The molecule has 0 fully saturated rings. The van der Waals surface area contributed by atoms with Gasteiger partial charge in [-0.1, -0.05) is 6.07 Å². The molecule has 0 saturated carbocycles. The molecule has 0 spiro atoms. The van der Waals surface area contributed by atoms with E-state index in [1.807, 2.05) is 44.3 Å². The fourth-order valence-electron chi connectivity index (χ4n) is 2.22. The Bertz CT molecular complexity index is 521. The molecule has 0 bridgehead atoms. The summed E-state index contributed by atoms with van der Waals surface area (Å²) in [5.74, 6) is 1.74. The van der Waals surface area contributed by atoms with Crippen LogP contribution in [0.1, 0.15) is 24.3 Å². The topological polar surface area (TPSA) is 51.6 Å². The maximum Gasteiger partial charge on any atom is 0.125 e. The first-order valence-corrected chi connectivity index (χ1v) is 6.29. The fourth-order valence-corrected chi connectivity index (χ4v) is 2.22. The van der Waals surface area contributed by atoms with Crippen LogP contribution in [-0.4, -0.2) is 14.2 Å². The maximum atomic E-state index is 6.07. The third-order valence-corrected chi connectivity index (χ3v) is 3.10. The highest BCUT2D eigenvalue weighted by molar-refractivity contribution is 5.60. The molecule has 1 atom stereocenters. The largest absolute Gasteiger partial charge is 0.496 e. The van der Waals surface area contributed by atoms with Gasteiger partial charge < -0.3 is 19.8 Å². The molecule has 19 heavy (non-hydrogen) atoms. The molecule has 2 N–H and O–H groups in total. The van der Waals surface area contributed by atoms with E-state index in [4.69, 9.17) is 14.9 Å². The molecule has 0 aliphatic heterocycles. The van der Waals surface area contributed by atoms with Crippen molar-refractivity contribution in [1.82, 2.24) is 0 Å². The molecule has 1 aromatic carbocycles. The number of benzene rings is 1. The summed E-state index contributed by atoms with van der Waals surface area (Å²) in [5, 5.41) is 0. The van der Waals surface area contributed by atoms with Gasteiger partial charge in [0, 0.05) is 24.3 Å². The third kappa shape index (κ3) is 2.90. The van der Waals surface area contributed by atoms with Gasteiger partial charge in [-0.15, -0.1) is 0 Å². The van der Waals surface area contributed by atoms with Gasteiger partial charge in [-0.3, -0.25) is 0 Å². The molecule has 4 heteroatoms. The molecular formula is C15H20N2O2. The van der Waals surface area contributed by atoms with E-state index in [1.54, 1.807) is 13.4 Å². The summed E-state index contributed by atoms with van der Waals surface area (Å²) in [6.45, 7) is 2.65. The van der Waals surface area contributed by atoms with Crippen LogP contribution in [0.3, 0.4) is 0 Å². The van der Waals surface area contributed by atoms with Crippen LogP contribution < -0.4 is 15.4 Å². The highest BCUT2D eigenvalue weighted by atomic mass is 16.5. The number of nitrogens with zero attached hydrogens (tertiary/aromatic N) is 1. The normalized spacial score (nSPS) is 12.2. The molecule has 4 nitrogen and oxygen atoms in total. The predicted octanol–water partition coefficient (Wildman–Crippen LogP) is 2.94. The van der Waals surface area contributed by atoms with Crippen molar-refractivity contribution in [3.8, 4) is 5.75 Å². The van der Waals surface area contributed by atoms with Crippen LogP contribution in [0.4, 0.5) is 5.69 Å². The van der Waals surface area contributed by atoms with E-state index in [1.165, 1.54) is 0 Å². The molecule has 1 aromatic heterocycles. The van der Waals surface area contributed by atoms with E-state index in [-0.39, 0.29) is 6.04 Å². The maximum absolute atomic E-state index is 6.07. The zero-order valence-electron chi connectivity index (χ0n) is 11.6. The second-order valence-corrected chi connectivity index (χ2v) is 4.62. The standard InChI is InChI=1S/C15H20N2O2/c1-11(16)15-13(7-4-8-14(15)18-3)17(2)10-12-6-5-9-19-12/h4-9,11H,10,16H2,1-3H3. The molecule has 0 radical (unpaired) electrons. The lowest BCUT2D eigenvalue weighted by Crippen LogP contribution is -2.20. The Kier molecular flexibility index (Phi) is 4.12. The number of methoxy groups -OCH3 is 1. The Morgan fingerprint density at radius 2 is 2.11 bits per heavy atom. The molecule has 1 heterocycles. The van der Waals surface area contributed by atoms with Crippen molar-refractivity contribution < 1.29 is 9.15 Å². The second kappa shape index (κ2) is 5.80. The minimum Gasteiger partial charge on any atom is -0.496 e. The number of rotatable bonds is 5. The van der Waals surface area contributed by atoms with Gasteiger partial charge in [0.1, 0.15) is 11.5 Å². The molecular weight excluding hydrogens is 240 g/mol. The summed E-state index contributed by atoms with van der Waals surface area (Å²) in [6.07, 6.45) is 1.68. The Labute approximate surface area is 113 Å². The lowest BCUT2D eigenvalue weighted by Gasteiger charge is -2.24. The number of furan rings is 1. The Balaban J connectivity index is 2.32. The van der Waals surface area contributed by atoms with E-state index in [0.717, 1.165) is 22.8 Å². The van der Waals surface area contributed by atoms with Gasteiger partial charge >= 0.3 is 0 Å². The van der Waals surface area contributed by atoms with Crippen LogP contribution in [0.5, 0.6) is 5.75 Å². The van der Waals surface area contributed by atoms with E-state index < -0.39 is 0 Å². The van der Waals surface area contributed by atoms with Crippen molar-refractivity contribution in [2.75, 3.05) is 19.1 Å². The van der Waals surface area contributed by atoms with E-state index >= 15 is 0 Å². The summed E-state index contributed by atoms with van der Waals surface area (Å²) in [4.78, 5) is 2.11. The predicted molar refractivity (Wildman–Crippen MR) is 76.4 cm³/mol. The molecule has 0 aliphatic rings. The van der Waals surface area contributed by atoms with Crippen LogP contribution in [0.15, 0.2) is 41.0 Å². The van der Waals surface area contributed by atoms with Crippen LogP contribution in [0.2, 0.25) is 0 Å². The smallest absolute Gasteiger partial charge is 0.125 e. The summed E-state index contributed by atoms with van der Waals surface area (Å²) < 4.78 is 10.8. The van der Waals surface area contributed by atoms with Crippen LogP contribution >= 0.6 is 0 Å². The van der Waals surface area contributed by atoms with Gasteiger partial charge in [0.05, 0.1) is 19.9 Å². The SMILES string of the molecule is COc1cccc(N(C)Cc2ccco2)c1C(C)N. The molecule has 0 amide bonds. The zero-order valence-corrected chi connectivity index (χ0v) is 11.6. The summed E-state index contributed by atoms with van der Waals surface area (Å²) in [6, 6.07) is 9.71. The minimum atomic E-state index is -0.0924. The highest BCUT2D eigenvalue weighted by Gasteiger charge is 2.16. The summed E-state index contributed by atoms with van der Waals surface area (Å²) in [5.41, 5.74) is 8.15. The zero-order chi connectivity index (χ0) is 13.8. The highest BCUT2D eigenvalue weighted by Crippen LogP contribution is 2.33.